The molecule has 1 unspecified atom stereocenters. The second kappa shape index (κ2) is 5.52. The SMILES string of the molecule is OCC1COc2cccc(-c3c(Cl)cccc3Cl)c2O1. The van der Waals surface area contributed by atoms with Crippen molar-refractivity contribution in [2.24, 2.45) is 0 Å². The summed E-state index contributed by atoms with van der Waals surface area (Å²) in [6, 6.07) is 10.9. The van der Waals surface area contributed by atoms with Gasteiger partial charge in [0.1, 0.15) is 6.61 Å². The summed E-state index contributed by atoms with van der Waals surface area (Å²) >= 11 is 12.5. The van der Waals surface area contributed by atoms with Crippen LogP contribution in [0.1, 0.15) is 0 Å². The van der Waals surface area contributed by atoms with Gasteiger partial charge in [-0.2, -0.15) is 0 Å². The number of ether oxygens (including phenoxy) is 2. The largest absolute Gasteiger partial charge is 0.486 e. The Morgan fingerprint density at radius 2 is 1.80 bits per heavy atom. The van der Waals surface area contributed by atoms with Gasteiger partial charge in [-0.05, 0) is 18.2 Å². The molecule has 2 aromatic rings. The third-order valence-electron chi connectivity index (χ3n) is 3.12. The topological polar surface area (TPSA) is 38.7 Å². The van der Waals surface area contributed by atoms with Crippen LogP contribution in [0.2, 0.25) is 10.0 Å². The minimum absolute atomic E-state index is 0.107. The van der Waals surface area contributed by atoms with Crippen molar-refractivity contribution in [2.75, 3.05) is 13.2 Å². The minimum atomic E-state index is -0.384. The minimum Gasteiger partial charge on any atom is -0.486 e. The molecule has 0 aliphatic carbocycles. The van der Waals surface area contributed by atoms with E-state index in [4.69, 9.17) is 32.7 Å². The van der Waals surface area contributed by atoms with Gasteiger partial charge in [-0.15, -0.1) is 0 Å². The summed E-state index contributed by atoms with van der Waals surface area (Å²) in [5, 5.41) is 10.3. The van der Waals surface area contributed by atoms with Crippen LogP contribution in [-0.2, 0) is 0 Å². The number of halogens is 2. The molecule has 1 atom stereocenters. The van der Waals surface area contributed by atoms with E-state index in [1.165, 1.54) is 0 Å². The fourth-order valence-electron chi connectivity index (χ4n) is 2.18. The Morgan fingerprint density at radius 1 is 1.10 bits per heavy atom. The number of hydrogen-bond donors (Lipinski definition) is 1. The molecule has 104 valence electrons. The van der Waals surface area contributed by atoms with Gasteiger partial charge in [0, 0.05) is 11.1 Å². The maximum Gasteiger partial charge on any atom is 0.169 e. The molecule has 3 nitrogen and oxygen atoms in total. The molecule has 5 heteroatoms. The van der Waals surface area contributed by atoms with E-state index in [1.807, 2.05) is 18.2 Å². The number of para-hydroxylation sites is 1. The first-order valence-electron chi connectivity index (χ1n) is 6.18. The quantitative estimate of drug-likeness (QED) is 0.917. The average Bonchev–Trinajstić information content (AvgIpc) is 2.47. The molecular weight excluding hydrogens is 299 g/mol. The monoisotopic (exact) mass is 310 g/mol. The van der Waals surface area contributed by atoms with Crippen LogP contribution in [0.5, 0.6) is 11.5 Å². The Kier molecular flexibility index (Phi) is 3.74. The Balaban J connectivity index is 2.16. The van der Waals surface area contributed by atoms with Gasteiger partial charge in [-0.25, -0.2) is 0 Å². The van der Waals surface area contributed by atoms with Gasteiger partial charge in [0.15, 0.2) is 17.6 Å². The first-order chi connectivity index (χ1) is 9.70. The molecule has 1 N–H and O–H groups in total. The Morgan fingerprint density at radius 3 is 2.50 bits per heavy atom. The maximum atomic E-state index is 9.23. The van der Waals surface area contributed by atoms with Gasteiger partial charge in [0.2, 0.25) is 0 Å². The molecule has 0 amide bonds. The van der Waals surface area contributed by atoms with Gasteiger partial charge >= 0.3 is 0 Å². The molecule has 0 aromatic heterocycles. The summed E-state index contributed by atoms with van der Waals surface area (Å²) in [4.78, 5) is 0. The van der Waals surface area contributed by atoms with E-state index in [2.05, 4.69) is 0 Å². The van der Waals surface area contributed by atoms with Gasteiger partial charge in [0.05, 0.1) is 16.7 Å². The highest BCUT2D eigenvalue weighted by atomic mass is 35.5. The Hall–Kier alpha value is -1.42. The molecule has 20 heavy (non-hydrogen) atoms. The van der Waals surface area contributed by atoms with E-state index in [0.717, 1.165) is 5.56 Å². The maximum absolute atomic E-state index is 9.23. The third kappa shape index (κ3) is 2.33. The van der Waals surface area contributed by atoms with Crippen molar-refractivity contribution in [3.63, 3.8) is 0 Å². The number of benzene rings is 2. The van der Waals surface area contributed by atoms with E-state index < -0.39 is 0 Å². The second-order valence-electron chi connectivity index (χ2n) is 4.46. The standard InChI is InChI=1S/C15H12Cl2O3/c16-11-4-2-5-12(17)14(11)10-3-1-6-13-15(10)20-9(7-18)8-19-13/h1-6,9,18H,7-8H2. The fourth-order valence-corrected chi connectivity index (χ4v) is 2.78. The van der Waals surface area contributed by atoms with Gasteiger partial charge in [-0.3, -0.25) is 0 Å². The zero-order chi connectivity index (χ0) is 14.1. The molecule has 3 rings (SSSR count). The predicted octanol–water partition coefficient (Wildman–Crippen LogP) is 3.79. The lowest BCUT2D eigenvalue weighted by atomic mass is 10.0. The summed E-state index contributed by atoms with van der Waals surface area (Å²) in [6.45, 7) is 0.216. The van der Waals surface area contributed by atoms with Crippen LogP contribution in [-0.4, -0.2) is 24.4 Å². The van der Waals surface area contributed by atoms with Crippen LogP contribution in [0.15, 0.2) is 36.4 Å². The molecule has 1 aliphatic rings. The van der Waals surface area contributed by atoms with Crippen molar-refractivity contribution in [3.05, 3.63) is 46.4 Å². The van der Waals surface area contributed by atoms with E-state index in [1.54, 1.807) is 18.2 Å². The molecule has 0 bridgehead atoms. The lowest BCUT2D eigenvalue weighted by Crippen LogP contribution is -2.32. The molecule has 0 saturated carbocycles. The van der Waals surface area contributed by atoms with Crippen LogP contribution in [0.3, 0.4) is 0 Å². The number of rotatable bonds is 2. The van der Waals surface area contributed by atoms with Gasteiger partial charge < -0.3 is 14.6 Å². The zero-order valence-electron chi connectivity index (χ0n) is 10.5. The number of aliphatic hydroxyl groups excluding tert-OH is 1. The highest BCUT2D eigenvalue weighted by Gasteiger charge is 2.25. The second-order valence-corrected chi connectivity index (χ2v) is 5.28. The first-order valence-corrected chi connectivity index (χ1v) is 6.94. The fraction of sp³-hybridized carbons (Fsp3) is 0.200. The summed E-state index contributed by atoms with van der Waals surface area (Å²) in [7, 11) is 0. The summed E-state index contributed by atoms with van der Waals surface area (Å²) in [6.07, 6.45) is -0.384. The van der Waals surface area contributed by atoms with Crippen LogP contribution in [0, 0.1) is 0 Å². The number of aliphatic hydroxyl groups is 1. The summed E-state index contributed by atoms with van der Waals surface area (Å²) in [5.74, 6) is 1.19. The summed E-state index contributed by atoms with van der Waals surface area (Å²) < 4.78 is 11.4. The smallest absolute Gasteiger partial charge is 0.169 e. The van der Waals surface area contributed by atoms with Gasteiger partial charge in [0.25, 0.3) is 0 Å². The molecule has 1 aliphatic heterocycles. The molecule has 2 aromatic carbocycles. The van der Waals surface area contributed by atoms with E-state index in [0.29, 0.717) is 33.7 Å². The van der Waals surface area contributed by atoms with Crippen LogP contribution in [0.4, 0.5) is 0 Å². The van der Waals surface area contributed by atoms with E-state index in [9.17, 15) is 5.11 Å². The van der Waals surface area contributed by atoms with Crippen molar-refractivity contribution in [3.8, 4) is 22.6 Å². The Labute approximate surface area is 126 Å². The van der Waals surface area contributed by atoms with Crippen molar-refractivity contribution in [2.45, 2.75) is 6.10 Å². The third-order valence-corrected chi connectivity index (χ3v) is 3.75. The molecule has 0 fully saturated rings. The van der Waals surface area contributed by atoms with Crippen molar-refractivity contribution in [1.82, 2.24) is 0 Å². The van der Waals surface area contributed by atoms with Crippen LogP contribution >= 0.6 is 23.2 Å². The lowest BCUT2D eigenvalue weighted by Gasteiger charge is -2.27. The Bertz CT molecular complexity index is 623. The normalized spacial score (nSPS) is 17.1. The number of hydrogen-bond acceptors (Lipinski definition) is 3. The molecular formula is C15H12Cl2O3. The van der Waals surface area contributed by atoms with Crippen molar-refractivity contribution >= 4 is 23.2 Å². The van der Waals surface area contributed by atoms with E-state index >= 15 is 0 Å². The van der Waals surface area contributed by atoms with Crippen LogP contribution < -0.4 is 9.47 Å². The van der Waals surface area contributed by atoms with Gasteiger partial charge in [-0.1, -0.05) is 41.4 Å². The molecule has 0 spiro atoms. The van der Waals surface area contributed by atoms with Crippen molar-refractivity contribution < 1.29 is 14.6 Å². The average molecular weight is 311 g/mol. The molecule has 0 saturated heterocycles. The lowest BCUT2D eigenvalue weighted by molar-refractivity contribution is 0.0462. The molecule has 0 radical (unpaired) electrons. The van der Waals surface area contributed by atoms with E-state index in [-0.39, 0.29) is 12.7 Å². The summed E-state index contributed by atoms with van der Waals surface area (Å²) in [5.41, 5.74) is 1.46. The molecule has 1 heterocycles. The zero-order valence-corrected chi connectivity index (χ0v) is 12.0. The van der Waals surface area contributed by atoms with Crippen LogP contribution in [0.25, 0.3) is 11.1 Å². The predicted molar refractivity (Wildman–Crippen MR) is 78.9 cm³/mol. The highest BCUT2D eigenvalue weighted by molar-refractivity contribution is 6.39. The van der Waals surface area contributed by atoms with Crippen molar-refractivity contribution in [1.29, 1.82) is 0 Å². The first kappa shape index (κ1) is 13.6. The number of fused-ring (bicyclic) bond motifs is 1. The highest BCUT2D eigenvalue weighted by Crippen LogP contribution is 2.45.